The molecule has 2 N–H and O–H groups in total. The number of amides is 1. The van der Waals surface area contributed by atoms with E-state index in [-0.39, 0.29) is 12.5 Å². The van der Waals surface area contributed by atoms with Crippen LogP contribution in [0, 0.1) is 0 Å². The van der Waals surface area contributed by atoms with E-state index in [1.807, 2.05) is 23.1 Å². The minimum atomic E-state index is -0.509. The van der Waals surface area contributed by atoms with Crippen molar-refractivity contribution in [3.05, 3.63) is 28.8 Å². The first kappa shape index (κ1) is 22.3. The Labute approximate surface area is 179 Å². The van der Waals surface area contributed by atoms with Gasteiger partial charge < -0.3 is 25.0 Å². The van der Waals surface area contributed by atoms with Crippen LogP contribution in [0.3, 0.4) is 0 Å². The van der Waals surface area contributed by atoms with E-state index in [0.717, 1.165) is 50.5 Å². The summed E-state index contributed by atoms with van der Waals surface area (Å²) in [5.41, 5.74) is 0.965. The van der Waals surface area contributed by atoms with Crippen LogP contribution in [0.25, 0.3) is 0 Å². The quantitative estimate of drug-likeness (QED) is 0.566. The summed E-state index contributed by atoms with van der Waals surface area (Å²) in [4.78, 5) is 15.9. The van der Waals surface area contributed by atoms with Gasteiger partial charge >= 0.3 is 0 Å². The average Bonchev–Trinajstić information content (AvgIpc) is 2.94. The molecule has 1 aromatic rings. The van der Waals surface area contributed by atoms with Crippen LogP contribution in [0.4, 0.5) is 0 Å². The lowest BCUT2D eigenvalue weighted by molar-refractivity contribution is -0.127. The molecule has 7 heteroatoms. The molecule has 1 aromatic carbocycles. The Morgan fingerprint density at radius 3 is 2.66 bits per heavy atom. The van der Waals surface area contributed by atoms with Crippen molar-refractivity contribution < 1.29 is 14.6 Å². The summed E-state index contributed by atoms with van der Waals surface area (Å²) in [6.07, 6.45) is 6.13. The highest BCUT2D eigenvalue weighted by Gasteiger charge is 2.19. The van der Waals surface area contributed by atoms with Crippen molar-refractivity contribution in [1.82, 2.24) is 15.1 Å². The lowest BCUT2D eigenvalue weighted by Crippen LogP contribution is -2.36. The van der Waals surface area contributed by atoms with E-state index in [4.69, 9.17) is 16.3 Å². The molecule has 1 unspecified atom stereocenters. The van der Waals surface area contributed by atoms with Crippen molar-refractivity contribution in [2.24, 2.45) is 0 Å². The Morgan fingerprint density at radius 2 is 1.93 bits per heavy atom. The first-order valence-corrected chi connectivity index (χ1v) is 11.3. The van der Waals surface area contributed by atoms with Crippen LogP contribution in [0.2, 0.25) is 5.02 Å². The summed E-state index contributed by atoms with van der Waals surface area (Å²) in [7, 11) is 0. The summed E-state index contributed by atoms with van der Waals surface area (Å²) < 4.78 is 5.93. The highest BCUT2D eigenvalue weighted by Crippen LogP contribution is 2.23. The van der Waals surface area contributed by atoms with Gasteiger partial charge in [-0.05, 0) is 50.6 Å². The van der Waals surface area contributed by atoms with Crippen molar-refractivity contribution in [1.29, 1.82) is 0 Å². The summed E-state index contributed by atoms with van der Waals surface area (Å²) in [5.74, 6) is 0.992. The SMILES string of the molecule is O=C1CCCN1CCNCc1cc(Cl)ccc1OCC(O)CN1CCCCCC1. The van der Waals surface area contributed by atoms with Crippen molar-refractivity contribution in [3.8, 4) is 5.75 Å². The van der Waals surface area contributed by atoms with E-state index < -0.39 is 6.10 Å². The van der Waals surface area contributed by atoms with Crippen LogP contribution in [0.15, 0.2) is 18.2 Å². The number of β-amino-alcohol motifs (C(OH)–C–C–N with tert-alkyl or cyclic N) is 1. The molecule has 0 saturated carbocycles. The number of rotatable bonds is 10. The van der Waals surface area contributed by atoms with Gasteiger partial charge in [-0.3, -0.25) is 4.79 Å². The zero-order chi connectivity index (χ0) is 20.5. The highest BCUT2D eigenvalue weighted by molar-refractivity contribution is 6.30. The van der Waals surface area contributed by atoms with Gasteiger partial charge in [-0.25, -0.2) is 0 Å². The number of aliphatic hydroxyl groups is 1. The number of carbonyl (C=O) groups excluding carboxylic acids is 1. The molecule has 2 heterocycles. The molecule has 3 rings (SSSR count). The molecule has 1 amide bonds. The minimum absolute atomic E-state index is 0.247. The van der Waals surface area contributed by atoms with E-state index in [1.165, 1.54) is 25.7 Å². The molecule has 2 saturated heterocycles. The largest absolute Gasteiger partial charge is 0.491 e. The number of aliphatic hydroxyl groups excluding tert-OH is 1. The first-order valence-electron chi connectivity index (χ1n) is 10.9. The van der Waals surface area contributed by atoms with Gasteiger partial charge in [0.1, 0.15) is 18.5 Å². The van der Waals surface area contributed by atoms with Crippen molar-refractivity contribution in [2.75, 3.05) is 45.9 Å². The second-order valence-corrected chi connectivity index (χ2v) is 8.53. The normalized spacial score (nSPS) is 19.4. The number of likely N-dealkylation sites (tertiary alicyclic amines) is 2. The monoisotopic (exact) mass is 423 g/mol. The van der Waals surface area contributed by atoms with E-state index in [2.05, 4.69) is 10.2 Å². The predicted octanol–water partition coefficient (Wildman–Crippen LogP) is 2.67. The minimum Gasteiger partial charge on any atom is -0.491 e. The summed E-state index contributed by atoms with van der Waals surface area (Å²) in [6, 6.07) is 5.57. The fraction of sp³-hybridized carbons (Fsp3) is 0.682. The second-order valence-electron chi connectivity index (χ2n) is 8.09. The van der Waals surface area contributed by atoms with Crippen LogP contribution in [0.1, 0.15) is 44.1 Å². The summed E-state index contributed by atoms with van der Waals surface area (Å²) >= 11 is 6.17. The van der Waals surface area contributed by atoms with Crippen molar-refractivity contribution >= 4 is 17.5 Å². The van der Waals surface area contributed by atoms with Gasteiger partial charge in [-0.15, -0.1) is 0 Å². The van der Waals surface area contributed by atoms with E-state index in [1.54, 1.807) is 0 Å². The van der Waals surface area contributed by atoms with Gasteiger partial charge in [0.25, 0.3) is 0 Å². The topological polar surface area (TPSA) is 65.0 Å². The molecule has 0 radical (unpaired) electrons. The molecule has 0 bridgehead atoms. The summed E-state index contributed by atoms with van der Waals surface area (Å²) in [6.45, 7) is 5.98. The number of hydrogen-bond acceptors (Lipinski definition) is 5. The fourth-order valence-electron chi connectivity index (χ4n) is 4.06. The molecule has 0 spiro atoms. The lowest BCUT2D eigenvalue weighted by atomic mass is 10.2. The standard InChI is InChI=1S/C22H34ClN3O3/c23-19-7-8-21(29-17-20(27)16-25-10-3-1-2-4-11-25)18(14-19)15-24-9-13-26-12-5-6-22(26)28/h7-8,14,20,24,27H,1-6,9-13,15-17H2. The number of nitrogens with zero attached hydrogens (tertiary/aromatic N) is 2. The molecular formula is C22H34ClN3O3. The number of ether oxygens (including phenoxy) is 1. The predicted molar refractivity (Wildman–Crippen MR) is 115 cm³/mol. The van der Waals surface area contributed by atoms with Gasteiger partial charge in [0.05, 0.1) is 0 Å². The van der Waals surface area contributed by atoms with Gasteiger partial charge in [-0.1, -0.05) is 24.4 Å². The van der Waals surface area contributed by atoms with Gasteiger partial charge in [0, 0.05) is 49.7 Å². The summed E-state index contributed by atoms with van der Waals surface area (Å²) in [5, 5.41) is 14.4. The number of halogens is 1. The molecule has 2 aliphatic heterocycles. The third-order valence-electron chi connectivity index (χ3n) is 5.67. The van der Waals surface area contributed by atoms with E-state index in [0.29, 0.717) is 24.5 Å². The Morgan fingerprint density at radius 1 is 1.14 bits per heavy atom. The average molecular weight is 424 g/mol. The Kier molecular flexibility index (Phi) is 9.05. The Hall–Kier alpha value is -1.34. The molecule has 0 aromatic heterocycles. The van der Waals surface area contributed by atoms with Gasteiger partial charge in [-0.2, -0.15) is 0 Å². The Bertz CT molecular complexity index is 650. The fourth-order valence-corrected chi connectivity index (χ4v) is 4.25. The maximum Gasteiger partial charge on any atom is 0.222 e. The van der Waals surface area contributed by atoms with Crippen LogP contribution in [-0.2, 0) is 11.3 Å². The third kappa shape index (κ3) is 7.45. The lowest BCUT2D eigenvalue weighted by Gasteiger charge is -2.23. The van der Waals surface area contributed by atoms with Crippen molar-refractivity contribution in [3.63, 3.8) is 0 Å². The highest BCUT2D eigenvalue weighted by atomic mass is 35.5. The van der Waals surface area contributed by atoms with Crippen LogP contribution >= 0.6 is 11.6 Å². The molecule has 6 nitrogen and oxygen atoms in total. The molecule has 1 atom stereocenters. The second kappa shape index (κ2) is 11.7. The van der Waals surface area contributed by atoms with Crippen LogP contribution in [-0.4, -0.2) is 72.8 Å². The maximum absolute atomic E-state index is 11.7. The molecule has 2 aliphatic rings. The van der Waals surface area contributed by atoms with Gasteiger partial charge in [0.2, 0.25) is 5.91 Å². The molecule has 0 aliphatic carbocycles. The number of benzene rings is 1. The Balaban J connectivity index is 1.44. The molecule has 2 fully saturated rings. The maximum atomic E-state index is 11.7. The first-order chi connectivity index (χ1) is 14.1. The van der Waals surface area contributed by atoms with E-state index >= 15 is 0 Å². The number of carbonyl (C=O) groups is 1. The molecule has 29 heavy (non-hydrogen) atoms. The zero-order valence-corrected chi connectivity index (χ0v) is 18.0. The zero-order valence-electron chi connectivity index (χ0n) is 17.2. The van der Waals surface area contributed by atoms with E-state index in [9.17, 15) is 9.90 Å². The molecule has 162 valence electrons. The van der Waals surface area contributed by atoms with Crippen LogP contribution < -0.4 is 10.1 Å². The van der Waals surface area contributed by atoms with Crippen LogP contribution in [0.5, 0.6) is 5.75 Å². The number of nitrogens with one attached hydrogen (secondary N) is 1. The molecular weight excluding hydrogens is 390 g/mol. The third-order valence-corrected chi connectivity index (χ3v) is 5.90. The number of hydrogen-bond donors (Lipinski definition) is 2. The van der Waals surface area contributed by atoms with Gasteiger partial charge in [0.15, 0.2) is 0 Å². The van der Waals surface area contributed by atoms with Crippen molar-refractivity contribution in [2.45, 2.75) is 51.2 Å². The smallest absolute Gasteiger partial charge is 0.222 e.